The molecule has 3 N–H and O–H groups in total. The second-order valence-corrected chi connectivity index (χ2v) is 8.17. The molecule has 3 aromatic rings. The Kier molecular flexibility index (Phi) is 6.43. The fourth-order valence-electron chi connectivity index (χ4n) is 4.45. The SMILES string of the molecule is CNC(=O)c1noc(COC(N)=O)c1C(C)C1CCN(c2ccc3cc(F)ccc3n2)CC1. The standard InChI is InChI=1S/C23H26FN5O4/c1-13(20-18(12-32-23(25)31)33-28-21(20)22(30)26-2)14-7-9-29(10-8-14)19-6-3-15-11-16(24)4-5-17(15)27-19/h3-6,11,13-14H,7-10,12H2,1-2H3,(H2,25,31)(H,26,30). The number of fused-ring (bicyclic) bond motifs is 1. The summed E-state index contributed by atoms with van der Waals surface area (Å²) < 4.78 is 23.7. The van der Waals surface area contributed by atoms with Crippen molar-refractivity contribution in [1.82, 2.24) is 15.5 Å². The highest BCUT2D eigenvalue weighted by atomic mass is 19.1. The smallest absolute Gasteiger partial charge is 0.404 e. The lowest BCUT2D eigenvalue weighted by Gasteiger charge is -2.35. The van der Waals surface area contributed by atoms with Gasteiger partial charge in [-0.05, 0) is 55.0 Å². The maximum absolute atomic E-state index is 13.4. The van der Waals surface area contributed by atoms with Crippen LogP contribution in [0.2, 0.25) is 0 Å². The molecule has 0 aliphatic carbocycles. The largest absolute Gasteiger partial charge is 0.441 e. The van der Waals surface area contributed by atoms with Crippen LogP contribution in [0.25, 0.3) is 10.9 Å². The first-order valence-electron chi connectivity index (χ1n) is 10.8. The van der Waals surface area contributed by atoms with E-state index in [1.165, 1.54) is 19.2 Å². The normalized spacial score (nSPS) is 15.4. The highest BCUT2D eigenvalue weighted by Crippen LogP contribution is 2.37. The van der Waals surface area contributed by atoms with Gasteiger partial charge in [-0.2, -0.15) is 0 Å². The van der Waals surface area contributed by atoms with Crippen molar-refractivity contribution in [3.8, 4) is 0 Å². The summed E-state index contributed by atoms with van der Waals surface area (Å²) in [6, 6.07) is 8.37. The quantitative estimate of drug-likeness (QED) is 0.584. The summed E-state index contributed by atoms with van der Waals surface area (Å²) in [5.41, 5.74) is 6.67. The number of carbonyl (C=O) groups is 2. The molecular formula is C23H26FN5O4. The Morgan fingerprint density at radius 3 is 2.76 bits per heavy atom. The second-order valence-electron chi connectivity index (χ2n) is 8.17. The highest BCUT2D eigenvalue weighted by Gasteiger charge is 2.33. The van der Waals surface area contributed by atoms with Gasteiger partial charge in [-0.15, -0.1) is 0 Å². The lowest BCUT2D eigenvalue weighted by atomic mass is 9.80. The molecule has 2 amide bonds. The van der Waals surface area contributed by atoms with Crippen molar-refractivity contribution in [3.63, 3.8) is 0 Å². The molecule has 1 aliphatic heterocycles. The maximum Gasteiger partial charge on any atom is 0.404 e. The number of nitrogens with one attached hydrogen (secondary N) is 1. The molecule has 4 rings (SSSR count). The van der Waals surface area contributed by atoms with E-state index in [2.05, 4.69) is 20.4 Å². The van der Waals surface area contributed by atoms with Crippen LogP contribution < -0.4 is 16.0 Å². The van der Waals surface area contributed by atoms with Gasteiger partial charge in [0.25, 0.3) is 5.91 Å². The van der Waals surface area contributed by atoms with Crippen molar-refractivity contribution in [2.24, 2.45) is 11.7 Å². The third-order valence-electron chi connectivity index (χ3n) is 6.25. The molecule has 0 bridgehead atoms. The number of carbonyl (C=O) groups excluding carboxylic acids is 2. The summed E-state index contributed by atoms with van der Waals surface area (Å²) in [6.45, 7) is 3.40. The number of ether oxygens (including phenoxy) is 1. The molecule has 1 aliphatic rings. The first kappa shape index (κ1) is 22.5. The second kappa shape index (κ2) is 9.43. The monoisotopic (exact) mass is 455 g/mol. The molecule has 10 heteroatoms. The van der Waals surface area contributed by atoms with Gasteiger partial charge in [-0.25, -0.2) is 14.2 Å². The number of benzene rings is 1. The molecule has 33 heavy (non-hydrogen) atoms. The molecule has 1 atom stereocenters. The molecule has 3 heterocycles. The molecule has 1 unspecified atom stereocenters. The van der Waals surface area contributed by atoms with Gasteiger partial charge >= 0.3 is 6.09 Å². The Morgan fingerprint density at radius 2 is 2.06 bits per heavy atom. The minimum atomic E-state index is -0.926. The zero-order valence-corrected chi connectivity index (χ0v) is 18.5. The maximum atomic E-state index is 13.4. The van der Waals surface area contributed by atoms with Gasteiger partial charge in [-0.1, -0.05) is 12.1 Å². The molecule has 2 aromatic heterocycles. The van der Waals surface area contributed by atoms with Crippen LogP contribution in [0.15, 0.2) is 34.9 Å². The third kappa shape index (κ3) is 4.74. The minimum absolute atomic E-state index is 0.0512. The van der Waals surface area contributed by atoms with Crippen LogP contribution in [-0.4, -0.2) is 42.3 Å². The topological polar surface area (TPSA) is 124 Å². The zero-order chi connectivity index (χ0) is 23.5. The van der Waals surface area contributed by atoms with E-state index in [9.17, 15) is 14.0 Å². The number of nitrogens with zero attached hydrogens (tertiary/aromatic N) is 3. The number of nitrogens with two attached hydrogens (primary N) is 1. The highest BCUT2D eigenvalue weighted by molar-refractivity contribution is 5.93. The van der Waals surface area contributed by atoms with Crippen molar-refractivity contribution in [2.45, 2.75) is 32.3 Å². The van der Waals surface area contributed by atoms with Crippen LogP contribution in [0.3, 0.4) is 0 Å². The van der Waals surface area contributed by atoms with Gasteiger partial charge in [0.2, 0.25) is 0 Å². The number of halogens is 1. The summed E-state index contributed by atoms with van der Waals surface area (Å²) >= 11 is 0. The van der Waals surface area contributed by atoms with E-state index in [-0.39, 0.29) is 35.9 Å². The summed E-state index contributed by atoms with van der Waals surface area (Å²) in [5, 5.41) is 7.25. The number of rotatable bonds is 6. The molecule has 0 spiro atoms. The molecule has 174 valence electrons. The number of piperidine rings is 1. The molecule has 1 fully saturated rings. The predicted molar refractivity (Wildman–Crippen MR) is 119 cm³/mol. The van der Waals surface area contributed by atoms with Gasteiger partial charge in [0.15, 0.2) is 18.1 Å². The number of anilines is 1. The van der Waals surface area contributed by atoms with E-state index in [1.807, 2.05) is 19.1 Å². The average Bonchev–Trinajstić information content (AvgIpc) is 3.25. The van der Waals surface area contributed by atoms with E-state index < -0.39 is 6.09 Å². The van der Waals surface area contributed by atoms with Crippen molar-refractivity contribution in [1.29, 1.82) is 0 Å². The molecule has 1 saturated heterocycles. The van der Waals surface area contributed by atoms with Crippen LogP contribution >= 0.6 is 0 Å². The fourth-order valence-corrected chi connectivity index (χ4v) is 4.45. The van der Waals surface area contributed by atoms with Crippen molar-refractivity contribution in [3.05, 3.63) is 53.2 Å². The van der Waals surface area contributed by atoms with Crippen LogP contribution in [0.5, 0.6) is 0 Å². The summed E-state index contributed by atoms with van der Waals surface area (Å²) in [6.07, 6.45) is 0.794. The predicted octanol–water partition coefficient (Wildman–Crippen LogP) is 3.34. The third-order valence-corrected chi connectivity index (χ3v) is 6.25. The summed E-state index contributed by atoms with van der Waals surface area (Å²) in [5.74, 6) is 0.741. The van der Waals surface area contributed by atoms with Crippen LogP contribution in [0.1, 0.15) is 47.5 Å². The summed E-state index contributed by atoms with van der Waals surface area (Å²) in [7, 11) is 1.52. The van der Waals surface area contributed by atoms with Gasteiger partial charge in [0, 0.05) is 31.1 Å². The first-order valence-corrected chi connectivity index (χ1v) is 10.8. The van der Waals surface area contributed by atoms with Crippen molar-refractivity contribution < 1.29 is 23.2 Å². The van der Waals surface area contributed by atoms with Crippen molar-refractivity contribution >= 4 is 28.7 Å². The molecule has 1 aromatic carbocycles. The van der Waals surface area contributed by atoms with Crippen LogP contribution in [0, 0.1) is 11.7 Å². The number of amides is 2. The lowest BCUT2D eigenvalue weighted by Crippen LogP contribution is -2.36. The summed E-state index contributed by atoms with van der Waals surface area (Å²) in [4.78, 5) is 30.3. The minimum Gasteiger partial charge on any atom is -0.441 e. The number of hydrogen-bond acceptors (Lipinski definition) is 7. The van der Waals surface area contributed by atoms with Crippen LogP contribution in [-0.2, 0) is 11.3 Å². The fraction of sp³-hybridized carbons (Fsp3) is 0.391. The zero-order valence-electron chi connectivity index (χ0n) is 18.5. The molecule has 9 nitrogen and oxygen atoms in total. The Morgan fingerprint density at radius 1 is 1.30 bits per heavy atom. The van der Waals surface area contributed by atoms with Gasteiger partial charge in [-0.3, -0.25) is 4.79 Å². The van der Waals surface area contributed by atoms with E-state index in [4.69, 9.17) is 15.0 Å². The molecule has 0 saturated carbocycles. The Labute approximate surface area is 190 Å². The number of pyridine rings is 1. The average molecular weight is 455 g/mol. The van der Waals surface area contributed by atoms with E-state index >= 15 is 0 Å². The first-order chi connectivity index (χ1) is 15.9. The molecule has 0 radical (unpaired) electrons. The van der Waals surface area contributed by atoms with Crippen LogP contribution in [0.4, 0.5) is 15.0 Å². The van der Waals surface area contributed by atoms with Gasteiger partial charge in [0.05, 0.1) is 5.52 Å². The van der Waals surface area contributed by atoms with Gasteiger partial charge < -0.3 is 25.2 Å². The number of hydrogen-bond donors (Lipinski definition) is 2. The Hall–Kier alpha value is -3.69. The Bertz CT molecular complexity index is 1170. The van der Waals surface area contributed by atoms with Crippen molar-refractivity contribution in [2.75, 3.05) is 25.0 Å². The Balaban J connectivity index is 1.49. The number of primary amides is 1. The van der Waals surface area contributed by atoms with E-state index in [0.29, 0.717) is 11.3 Å². The number of aromatic nitrogens is 2. The van der Waals surface area contributed by atoms with Gasteiger partial charge in [0.1, 0.15) is 11.6 Å². The lowest BCUT2D eigenvalue weighted by molar-refractivity contribution is 0.0951. The van der Waals surface area contributed by atoms with E-state index in [0.717, 1.165) is 42.7 Å². The molecular weight excluding hydrogens is 429 g/mol. The van der Waals surface area contributed by atoms with E-state index in [1.54, 1.807) is 6.07 Å².